The largest absolute Gasteiger partial charge is 0.346 e. The molecule has 0 saturated heterocycles. The maximum Gasteiger partial charge on any atom is 0.293 e. The Morgan fingerprint density at radius 2 is 1.77 bits per heavy atom. The first kappa shape index (κ1) is 19.3. The van der Waals surface area contributed by atoms with Crippen molar-refractivity contribution in [3.63, 3.8) is 0 Å². The molecule has 0 spiro atoms. The number of anilines is 1. The number of amides is 2. The van der Waals surface area contributed by atoms with Gasteiger partial charge in [0.05, 0.1) is 15.9 Å². The number of thiazole rings is 1. The molecule has 5 rings (SSSR count). The van der Waals surface area contributed by atoms with E-state index in [4.69, 9.17) is 0 Å². The lowest BCUT2D eigenvalue weighted by Crippen LogP contribution is -2.33. The average molecular weight is 433 g/mol. The number of aromatic nitrogens is 5. The van der Waals surface area contributed by atoms with Gasteiger partial charge in [-0.2, -0.15) is 0 Å². The molecule has 1 saturated carbocycles. The first-order chi connectivity index (χ1) is 15.2. The molecule has 156 valence electrons. The molecule has 0 unspecified atom stereocenters. The van der Waals surface area contributed by atoms with E-state index in [2.05, 4.69) is 31.0 Å². The van der Waals surface area contributed by atoms with Crippen molar-refractivity contribution in [2.45, 2.75) is 31.7 Å². The number of para-hydroxylation sites is 1. The van der Waals surface area contributed by atoms with Gasteiger partial charge >= 0.3 is 0 Å². The van der Waals surface area contributed by atoms with Gasteiger partial charge in [0.25, 0.3) is 17.6 Å². The molecule has 4 aromatic rings. The van der Waals surface area contributed by atoms with E-state index in [9.17, 15) is 9.59 Å². The Morgan fingerprint density at radius 1 is 1.00 bits per heavy atom. The molecule has 2 aromatic heterocycles. The quantitative estimate of drug-likeness (QED) is 0.499. The number of nitrogens with zero attached hydrogens (tertiary/aromatic N) is 5. The fourth-order valence-electron chi connectivity index (χ4n) is 3.57. The minimum atomic E-state index is -0.308. The Bertz CT molecular complexity index is 1210. The van der Waals surface area contributed by atoms with E-state index in [0.717, 1.165) is 35.9 Å². The SMILES string of the molecule is O=C(NC1CCCC1)c1nnn(-c2ccc(NC(=O)c3nc4ccccc4s3)cc2)n1. The van der Waals surface area contributed by atoms with Gasteiger partial charge in [-0.15, -0.1) is 26.3 Å². The fourth-order valence-corrected chi connectivity index (χ4v) is 4.43. The highest BCUT2D eigenvalue weighted by Crippen LogP contribution is 2.23. The highest BCUT2D eigenvalue weighted by Gasteiger charge is 2.21. The van der Waals surface area contributed by atoms with Crippen LogP contribution < -0.4 is 10.6 Å². The van der Waals surface area contributed by atoms with E-state index >= 15 is 0 Å². The molecule has 0 radical (unpaired) electrons. The van der Waals surface area contributed by atoms with E-state index in [1.807, 2.05) is 24.3 Å². The van der Waals surface area contributed by atoms with Crippen LogP contribution in [-0.2, 0) is 0 Å². The van der Waals surface area contributed by atoms with Crippen LogP contribution in [0.25, 0.3) is 15.9 Å². The van der Waals surface area contributed by atoms with Gasteiger partial charge in [0.1, 0.15) is 0 Å². The number of fused-ring (bicyclic) bond motifs is 1. The van der Waals surface area contributed by atoms with E-state index in [0.29, 0.717) is 16.4 Å². The second-order valence-corrected chi connectivity index (χ2v) is 8.38. The zero-order chi connectivity index (χ0) is 21.2. The predicted molar refractivity (Wildman–Crippen MR) is 116 cm³/mol. The maximum atomic E-state index is 12.5. The zero-order valence-corrected chi connectivity index (χ0v) is 17.3. The number of carbonyl (C=O) groups excluding carboxylic acids is 2. The summed E-state index contributed by atoms with van der Waals surface area (Å²) in [6.45, 7) is 0. The molecule has 0 atom stereocenters. The van der Waals surface area contributed by atoms with Crippen molar-refractivity contribution in [3.8, 4) is 5.69 Å². The summed E-state index contributed by atoms with van der Waals surface area (Å²) >= 11 is 1.35. The van der Waals surface area contributed by atoms with Crippen LogP contribution in [0.5, 0.6) is 0 Å². The van der Waals surface area contributed by atoms with E-state index in [-0.39, 0.29) is 23.7 Å². The molecule has 10 heteroatoms. The molecular weight excluding hydrogens is 414 g/mol. The van der Waals surface area contributed by atoms with E-state index in [1.54, 1.807) is 24.3 Å². The topological polar surface area (TPSA) is 115 Å². The van der Waals surface area contributed by atoms with Crippen molar-refractivity contribution in [3.05, 3.63) is 59.4 Å². The number of hydrogen-bond acceptors (Lipinski definition) is 7. The molecule has 31 heavy (non-hydrogen) atoms. The van der Waals surface area contributed by atoms with Crippen LogP contribution in [0, 0.1) is 0 Å². The van der Waals surface area contributed by atoms with Crippen molar-refractivity contribution in [1.82, 2.24) is 30.5 Å². The van der Waals surface area contributed by atoms with Crippen molar-refractivity contribution >= 4 is 39.1 Å². The number of rotatable bonds is 5. The first-order valence-corrected chi connectivity index (χ1v) is 10.9. The molecule has 2 heterocycles. The van der Waals surface area contributed by atoms with E-state index < -0.39 is 0 Å². The highest BCUT2D eigenvalue weighted by atomic mass is 32.1. The number of tetrazole rings is 1. The standard InChI is InChI=1S/C21H19N7O2S/c29-19(22-13-5-1-2-6-13)18-25-27-28(26-18)15-11-9-14(10-12-15)23-20(30)21-24-16-7-3-4-8-17(16)31-21/h3-4,7-13H,1-2,5-6H2,(H,22,29)(H,23,30). The molecular formula is C21H19N7O2S. The molecule has 1 aliphatic carbocycles. The van der Waals surface area contributed by atoms with Gasteiger partial charge in [-0.3, -0.25) is 9.59 Å². The molecule has 1 fully saturated rings. The number of benzene rings is 2. The minimum absolute atomic E-state index is 0.0418. The van der Waals surface area contributed by atoms with E-state index in [1.165, 1.54) is 16.1 Å². The Balaban J connectivity index is 1.25. The van der Waals surface area contributed by atoms with Gasteiger partial charge in [0.15, 0.2) is 5.01 Å². The lowest BCUT2D eigenvalue weighted by Gasteiger charge is -2.08. The van der Waals surface area contributed by atoms with Gasteiger partial charge in [-0.25, -0.2) is 4.98 Å². The fraction of sp³-hybridized carbons (Fsp3) is 0.238. The second kappa shape index (κ2) is 8.23. The monoisotopic (exact) mass is 433 g/mol. The van der Waals surface area contributed by atoms with Gasteiger partial charge in [-0.05, 0) is 54.5 Å². The van der Waals surface area contributed by atoms with Crippen LogP contribution >= 0.6 is 11.3 Å². The van der Waals surface area contributed by atoms with Crippen LogP contribution in [0.2, 0.25) is 0 Å². The Hall–Kier alpha value is -3.66. The second-order valence-electron chi connectivity index (χ2n) is 7.35. The summed E-state index contributed by atoms with van der Waals surface area (Å²) in [4.78, 5) is 30.4. The summed E-state index contributed by atoms with van der Waals surface area (Å²) in [5, 5.41) is 18.2. The molecule has 0 aliphatic heterocycles. The number of hydrogen-bond donors (Lipinski definition) is 2. The van der Waals surface area contributed by atoms with Crippen LogP contribution in [0.1, 0.15) is 46.1 Å². The molecule has 2 N–H and O–H groups in total. The van der Waals surface area contributed by atoms with Crippen LogP contribution in [0.15, 0.2) is 48.5 Å². The maximum absolute atomic E-state index is 12.5. The summed E-state index contributed by atoms with van der Waals surface area (Å²) < 4.78 is 0.966. The number of nitrogens with one attached hydrogen (secondary N) is 2. The van der Waals surface area contributed by atoms with Crippen LogP contribution in [0.3, 0.4) is 0 Å². The summed E-state index contributed by atoms with van der Waals surface area (Å²) in [5.41, 5.74) is 2.05. The predicted octanol–water partition coefficient (Wildman–Crippen LogP) is 3.20. The lowest BCUT2D eigenvalue weighted by atomic mass is 10.2. The van der Waals surface area contributed by atoms with Crippen molar-refractivity contribution < 1.29 is 9.59 Å². The van der Waals surface area contributed by atoms with Crippen LogP contribution in [-0.4, -0.2) is 43.0 Å². The Kier molecular flexibility index (Phi) is 5.13. The summed E-state index contributed by atoms with van der Waals surface area (Å²) in [5.74, 6) is -0.531. The Morgan fingerprint density at radius 3 is 2.55 bits per heavy atom. The van der Waals surface area contributed by atoms with Crippen molar-refractivity contribution in [2.24, 2.45) is 0 Å². The third-order valence-electron chi connectivity index (χ3n) is 5.15. The smallest absolute Gasteiger partial charge is 0.293 e. The van der Waals surface area contributed by atoms with Gasteiger partial charge in [-0.1, -0.05) is 25.0 Å². The minimum Gasteiger partial charge on any atom is -0.346 e. The molecule has 1 aliphatic rings. The molecule has 0 bridgehead atoms. The highest BCUT2D eigenvalue weighted by molar-refractivity contribution is 7.20. The summed E-state index contributed by atoms with van der Waals surface area (Å²) in [7, 11) is 0. The Labute approximate surface area is 181 Å². The van der Waals surface area contributed by atoms with Crippen LogP contribution in [0.4, 0.5) is 5.69 Å². The third kappa shape index (κ3) is 4.15. The zero-order valence-electron chi connectivity index (χ0n) is 16.5. The first-order valence-electron chi connectivity index (χ1n) is 10.0. The summed E-state index contributed by atoms with van der Waals surface area (Å²) in [6.07, 6.45) is 4.24. The molecule has 2 amide bonds. The van der Waals surface area contributed by atoms with Gasteiger partial charge in [0, 0.05) is 11.7 Å². The van der Waals surface area contributed by atoms with Crippen molar-refractivity contribution in [2.75, 3.05) is 5.32 Å². The van der Waals surface area contributed by atoms with Crippen molar-refractivity contribution in [1.29, 1.82) is 0 Å². The summed E-state index contributed by atoms with van der Waals surface area (Å²) in [6, 6.07) is 14.8. The molecule has 2 aromatic carbocycles. The lowest BCUT2D eigenvalue weighted by molar-refractivity contribution is 0.0926. The van der Waals surface area contributed by atoms with Gasteiger partial charge in [0.2, 0.25) is 0 Å². The average Bonchev–Trinajstić information content (AvgIpc) is 3.54. The van der Waals surface area contributed by atoms with Gasteiger partial charge < -0.3 is 10.6 Å². The molecule has 9 nitrogen and oxygen atoms in total. The third-order valence-corrected chi connectivity index (χ3v) is 6.19. The number of carbonyl (C=O) groups is 2. The normalized spacial score (nSPS) is 14.1.